The van der Waals surface area contributed by atoms with Gasteiger partial charge < -0.3 is 5.73 Å². The maximum Gasteiger partial charge on any atom is 0.294 e. The topological polar surface area (TPSA) is 152 Å². The minimum Gasteiger partial charge on any atom is -0.382 e. The zero-order valence-electron chi connectivity index (χ0n) is 9.88. The number of anilines is 1. The molecule has 0 aromatic heterocycles. The molecule has 0 aliphatic carbocycles. The van der Waals surface area contributed by atoms with Crippen molar-refractivity contribution in [3.63, 3.8) is 0 Å². The van der Waals surface area contributed by atoms with Gasteiger partial charge in [0, 0.05) is 0 Å². The van der Waals surface area contributed by atoms with Crippen LogP contribution in [0.15, 0.2) is 28.2 Å². The third-order valence-corrected chi connectivity index (χ3v) is 2.99. The summed E-state index contributed by atoms with van der Waals surface area (Å²) in [4.78, 5) is -0.244. The molecular weight excluding hydrogens is 270 g/mol. The first kappa shape index (κ1) is 14.6. The molecule has 0 aliphatic rings. The van der Waals surface area contributed by atoms with Gasteiger partial charge in [-0.25, -0.2) is 0 Å². The maximum absolute atomic E-state index is 10.9. The van der Waals surface area contributed by atoms with Gasteiger partial charge in [0.1, 0.15) is 6.07 Å². The lowest BCUT2D eigenvalue weighted by atomic mass is 10.2. The molecule has 0 spiro atoms. The van der Waals surface area contributed by atoms with Crippen molar-refractivity contribution in [2.75, 3.05) is 5.43 Å². The summed E-state index contributed by atoms with van der Waals surface area (Å²) in [6.45, 7) is 1.59. The third kappa shape index (κ3) is 3.77. The average molecular weight is 281 g/mol. The molecule has 0 radical (unpaired) electrons. The average Bonchev–Trinajstić information content (AvgIpc) is 2.29. The van der Waals surface area contributed by atoms with Gasteiger partial charge in [0.2, 0.25) is 5.71 Å². The Bertz CT molecular complexity index is 688. The summed E-state index contributed by atoms with van der Waals surface area (Å²) in [7, 11) is -4.26. The molecule has 9 heteroatoms. The molecule has 0 saturated heterocycles. The molecule has 0 amide bonds. The Labute approximate surface area is 109 Å². The summed E-state index contributed by atoms with van der Waals surface area (Å²) in [6, 6.07) is 5.42. The molecule has 1 aromatic rings. The van der Waals surface area contributed by atoms with Gasteiger partial charge in [-0.05, 0) is 30.7 Å². The van der Waals surface area contributed by atoms with Gasteiger partial charge in [-0.1, -0.05) is 0 Å². The first-order chi connectivity index (χ1) is 8.75. The molecular formula is C10H11N5O3S. The standard InChI is InChI=1S/C10H11N5O3S/c1-6-4-7(19(16,17)18)2-3-8(6)14-15-9(5-11)10(12)13/h2-4,14H,1H3,(H3,12,13)(H,16,17,18)/b15-9+. The summed E-state index contributed by atoms with van der Waals surface area (Å²) in [6.07, 6.45) is 0. The Kier molecular flexibility index (Phi) is 4.21. The van der Waals surface area contributed by atoms with E-state index in [4.69, 9.17) is 21.0 Å². The van der Waals surface area contributed by atoms with Crippen molar-refractivity contribution in [2.45, 2.75) is 11.8 Å². The van der Waals surface area contributed by atoms with Gasteiger partial charge >= 0.3 is 0 Å². The van der Waals surface area contributed by atoms with Crippen LogP contribution in [0.2, 0.25) is 0 Å². The highest BCUT2D eigenvalue weighted by atomic mass is 32.2. The normalized spacial score (nSPS) is 11.7. The van der Waals surface area contributed by atoms with Crippen molar-refractivity contribution in [2.24, 2.45) is 10.8 Å². The highest BCUT2D eigenvalue weighted by Gasteiger charge is 2.11. The van der Waals surface area contributed by atoms with Crippen LogP contribution in [-0.4, -0.2) is 24.5 Å². The highest BCUT2D eigenvalue weighted by Crippen LogP contribution is 2.19. The van der Waals surface area contributed by atoms with Crippen LogP contribution in [0, 0.1) is 23.7 Å². The van der Waals surface area contributed by atoms with Gasteiger partial charge in [0.05, 0.1) is 10.6 Å². The molecule has 0 bridgehead atoms. The molecule has 0 saturated carbocycles. The SMILES string of the molecule is Cc1cc(S(=O)(=O)O)ccc1N/N=C(\C#N)C(=N)N. The number of rotatable bonds is 4. The van der Waals surface area contributed by atoms with Crippen LogP contribution < -0.4 is 11.2 Å². The summed E-state index contributed by atoms with van der Waals surface area (Å²) in [5.41, 5.74) is 8.21. The smallest absolute Gasteiger partial charge is 0.294 e. The first-order valence-electron chi connectivity index (χ1n) is 4.92. The molecule has 1 aromatic carbocycles. The number of aryl methyl sites for hydroxylation is 1. The molecule has 8 nitrogen and oxygen atoms in total. The number of nitrogens with two attached hydrogens (primary N) is 1. The van der Waals surface area contributed by atoms with Crippen LogP contribution >= 0.6 is 0 Å². The van der Waals surface area contributed by atoms with E-state index in [2.05, 4.69) is 10.5 Å². The van der Waals surface area contributed by atoms with Crippen molar-refractivity contribution in [3.05, 3.63) is 23.8 Å². The molecule has 0 heterocycles. The lowest BCUT2D eigenvalue weighted by Crippen LogP contribution is -2.21. The quantitative estimate of drug-likeness (QED) is 0.272. The van der Waals surface area contributed by atoms with E-state index in [0.717, 1.165) is 0 Å². The second-order valence-corrected chi connectivity index (χ2v) is 4.97. The minimum absolute atomic E-state index is 0.244. The largest absolute Gasteiger partial charge is 0.382 e. The van der Waals surface area contributed by atoms with Crippen molar-refractivity contribution < 1.29 is 13.0 Å². The Morgan fingerprint density at radius 3 is 2.63 bits per heavy atom. The fourth-order valence-electron chi connectivity index (χ4n) is 1.18. The summed E-state index contributed by atoms with van der Waals surface area (Å²) < 4.78 is 30.7. The number of hydrazone groups is 1. The molecule has 1 rings (SSSR count). The first-order valence-corrected chi connectivity index (χ1v) is 6.36. The van der Waals surface area contributed by atoms with Gasteiger partial charge in [-0.2, -0.15) is 18.8 Å². The van der Waals surface area contributed by atoms with Gasteiger partial charge in [-0.3, -0.25) is 15.4 Å². The van der Waals surface area contributed by atoms with E-state index in [1.54, 1.807) is 13.0 Å². The van der Waals surface area contributed by atoms with Crippen LogP contribution in [0.4, 0.5) is 5.69 Å². The number of amidine groups is 1. The second kappa shape index (κ2) is 5.47. The lowest BCUT2D eigenvalue weighted by Gasteiger charge is -2.06. The Hall–Kier alpha value is -2.44. The minimum atomic E-state index is -4.26. The van der Waals surface area contributed by atoms with Crippen LogP contribution in [0.1, 0.15) is 5.56 Å². The van der Waals surface area contributed by atoms with Crippen molar-refractivity contribution in [1.29, 1.82) is 10.7 Å². The fourth-order valence-corrected chi connectivity index (χ4v) is 1.75. The van der Waals surface area contributed by atoms with Gasteiger partial charge in [0.15, 0.2) is 5.84 Å². The Balaban J connectivity index is 3.06. The summed E-state index contributed by atoms with van der Waals surface area (Å²) in [5.74, 6) is -0.484. The predicted molar refractivity (Wildman–Crippen MR) is 69.6 cm³/mol. The molecule has 100 valence electrons. The third-order valence-electron chi connectivity index (χ3n) is 2.14. The van der Waals surface area contributed by atoms with Crippen molar-refractivity contribution >= 4 is 27.4 Å². The van der Waals surface area contributed by atoms with Crippen LogP contribution in [0.3, 0.4) is 0 Å². The van der Waals surface area contributed by atoms with Gasteiger partial charge in [0.25, 0.3) is 10.1 Å². The number of hydrogen-bond acceptors (Lipinski definition) is 6. The van der Waals surface area contributed by atoms with Crippen LogP contribution in [-0.2, 0) is 10.1 Å². The fraction of sp³-hybridized carbons (Fsp3) is 0.100. The summed E-state index contributed by atoms with van der Waals surface area (Å²) in [5, 5.41) is 19.3. The molecule has 0 unspecified atom stereocenters. The van der Waals surface area contributed by atoms with E-state index in [0.29, 0.717) is 11.3 Å². The number of hydrogen-bond donors (Lipinski definition) is 4. The van der Waals surface area contributed by atoms with Gasteiger partial charge in [-0.15, -0.1) is 0 Å². The number of nitriles is 1. The van der Waals surface area contributed by atoms with Crippen molar-refractivity contribution in [3.8, 4) is 6.07 Å². The Morgan fingerprint density at radius 1 is 1.58 bits per heavy atom. The molecule has 5 N–H and O–H groups in total. The second-order valence-electron chi connectivity index (χ2n) is 3.55. The highest BCUT2D eigenvalue weighted by molar-refractivity contribution is 7.85. The number of nitrogens with one attached hydrogen (secondary N) is 2. The van der Waals surface area contributed by atoms with E-state index in [9.17, 15) is 8.42 Å². The Morgan fingerprint density at radius 2 is 2.21 bits per heavy atom. The predicted octanol–water partition coefficient (Wildman–Crippen LogP) is 0.469. The zero-order chi connectivity index (χ0) is 14.6. The van der Waals surface area contributed by atoms with E-state index >= 15 is 0 Å². The van der Waals surface area contributed by atoms with E-state index < -0.39 is 16.0 Å². The monoisotopic (exact) mass is 281 g/mol. The number of benzene rings is 1. The van der Waals surface area contributed by atoms with E-state index in [-0.39, 0.29) is 10.6 Å². The molecule has 0 fully saturated rings. The molecule has 0 atom stereocenters. The summed E-state index contributed by atoms with van der Waals surface area (Å²) >= 11 is 0. The number of nitrogens with zero attached hydrogens (tertiary/aromatic N) is 2. The lowest BCUT2D eigenvalue weighted by molar-refractivity contribution is 0.483. The van der Waals surface area contributed by atoms with E-state index in [1.165, 1.54) is 18.2 Å². The van der Waals surface area contributed by atoms with Crippen LogP contribution in [0.25, 0.3) is 0 Å². The molecule has 0 aliphatic heterocycles. The van der Waals surface area contributed by atoms with Crippen LogP contribution in [0.5, 0.6) is 0 Å². The van der Waals surface area contributed by atoms with Crippen molar-refractivity contribution in [1.82, 2.24) is 0 Å². The molecule has 19 heavy (non-hydrogen) atoms. The maximum atomic E-state index is 10.9. The zero-order valence-corrected chi connectivity index (χ0v) is 10.7. The van der Waals surface area contributed by atoms with E-state index in [1.807, 2.05) is 0 Å².